The summed E-state index contributed by atoms with van der Waals surface area (Å²) < 4.78 is 5.38. The van der Waals surface area contributed by atoms with Crippen molar-refractivity contribution in [3.8, 4) is 22.8 Å². The van der Waals surface area contributed by atoms with E-state index >= 15 is 0 Å². The summed E-state index contributed by atoms with van der Waals surface area (Å²) in [6.45, 7) is 4.96. The van der Waals surface area contributed by atoms with Crippen molar-refractivity contribution >= 4 is 11.4 Å². The normalized spacial score (nSPS) is 16.9. The molecule has 0 N–H and O–H groups in total. The molecule has 2 heterocycles. The lowest BCUT2D eigenvalue weighted by atomic mass is 10.0. The number of hydrogen-bond donors (Lipinski definition) is 0. The number of rotatable bonds is 4. The number of hydrogen-bond acceptors (Lipinski definition) is 6. The zero-order valence-electron chi connectivity index (χ0n) is 16.0. The van der Waals surface area contributed by atoms with Crippen LogP contribution in [0.1, 0.15) is 31.7 Å². The van der Waals surface area contributed by atoms with E-state index < -0.39 is 0 Å². The van der Waals surface area contributed by atoms with Crippen molar-refractivity contribution in [2.24, 2.45) is 0 Å². The van der Waals surface area contributed by atoms with Crippen molar-refractivity contribution in [2.45, 2.75) is 39.2 Å². The summed E-state index contributed by atoms with van der Waals surface area (Å²) in [6.07, 6.45) is 3.25. The smallest absolute Gasteiger partial charge is 0.293 e. The summed E-state index contributed by atoms with van der Waals surface area (Å²) in [5.74, 6) is 0.739. The van der Waals surface area contributed by atoms with Crippen LogP contribution in [0, 0.1) is 17.0 Å². The highest BCUT2D eigenvalue weighted by molar-refractivity contribution is 5.72. The van der Waals surface area contributed by atoms with Crippen LogP contribution >= 0.6 is 0 Å². The Labute approximate surface area is 163 Å². The Morgan fingerprint density at radius 2 is 1.89 bits per heavy atom. The van der Waals surface area contributed by atoms with Gasteiger partial charge in [0.05, 0.1) is 4.92 Å². The first-order valence-electron chi connectivity index (χ1n) is 9.49. The van der Waals surface area contributed by atoms with E-state index in [1.807, 2.05) is 37.3 Å². The van der Waals surface area contributed by atoms with Gasteiger partial charge in [-0.1, -0.05) is 35.0 Å². The van der Waals surface area contributed by atoms with Crippen LogP contribution < -0.4 is 4.90 Å². The molecule has 1 aliphatic rings. The molecule has 4 rings (SSSR count). The van der Waals surface area contributed by atoms with Gasteiger partial charge >= 0.3 is 0 Å². The van der Waals surface area contributed by atoms with Crippen molar-refractivity contribution in [1.82, 2.24) is 10.1 Å². The van der Waals surface area contributed by atoms with Crippen LogP contribution in [-0.4, -0.2) is 27.7 Å². The minimum atomic E-state index is -0.336. The molecular formula is C21H22N4O3. The zero-order chi connectivity index (χ0) is 19.7. The quantitative estimate of drug-likeness (QED) is 0.469. The summed E-state index contributed by atoms with van der Waals surface area (Å²) in [6, 6.07) is 13.2. The van der Waals surface area contributed by atoms with Crippen LogP contribution in [-0.2, 0) is 0 Å². The summed E-state index contributed by atoms with van der Waals surface area (Å²) in [5.41, 5.74) is 3.26. The Bertz CT molecular complexity index is 997. The third kappa shape index (κ3) is 3.47. The van der Waals surface area contributed by atoms with Gasteiger partial charge in [-0.05, 0) is 45.2 Å². The molecule has 1 atom stereocenters. The van der Waals surface area contributed by atoms with Crippen molar-refractivity contribution in [1.29, 1.82) is 0 Å². The molecular weight excluding hydrogens is 356 g/mol. The molecule has 144 valence electrons. The second-order valence-corrected chi connectivity index (χ2v) is 7.29. The summed E-state index contributed by atoms with van der Waals surface area (Å²) in [4.78, 5) is 17.9. The molecule has 1 aromatic heterocycles. The van der Waals surface area contributed by atoms with Crippen LogP contribution in [0.4, 0.5) is 11.4 Å². The first-order valence-corrected chi connectivity index (χ1v) is 9.49. The number of nitro groups is 1. The van der Waals surface area contributed by atoms with Gasteiger partial charge in [-0.15, -0.1) is 0 Å². The van der Waals surface area contributed by atoms with E-state index in [0.717, 1.165) is 36.9 Å². The Kier molecular flexibility index (Phi) is 4.81. The van der Waals surface area contributed by atoms with E-state index in [1.165, 1.54) is 6.07 Å². The molecule has 1 saturated heterocycles. The second kappa shape index (κ2) is 7.42. The lowest BCUT2D eigenvalue weighted by molar-refractivity contribution is -0.384. The topological polar surface area (TPSA) is 85.3 Å². The van der Waals surface area contributed by atoms with E-state index in [9.17, 15) is 10.1 Å². The fourth-order valence-electron chi connectivity index (χ4n) is 3.66. The molecule has 0 unspecified atom stereocenters. The van der Waals surface area contributed by atoms with Crippen LogP contribution in [0.5, 0.6) is 0 Å². The van der Waals surface area contributed by atoms with Crippen molar-refractivity contribution in [3.05, 3.63) is 58.1 Å². The van der Waals surface area contributed by atoms with E-state index in [2.05, 4.69) is 22.0 Å². The van der Waals surface area contributed by atoms with Gasteiger partial charge in [-0.3, -0.25) is 10.1 Å². The zero-order valence-corrected chi connectivity index (χ0v) is 16.0. The van der Waals surface area contributed by atoms with Gasteiger partial charge in [0.1, 0.15) is 5.69 Å². The van der Waals surface area contributed by atoms with Gasteiger partial charge in [0.25, 0.3) is 11.6 Å². The van der Waals surface area contributed by atoms with Gasteiger partial charge in [0.2, 0.25) is 5.82 Å². The van der Waals surface area contributed by atoms with Crippen molar-refractivity contribution in [2.75, 3.05) is 11.4 Å². The largest absolute Gasteiger partial charge is 0.363 e. The first-order chi connectivity index (χ1) is 13.5. The fourth-order valence-corrected chi connectivity index (χ4v) is 3.66. The molecule has 0 amide bonds. The van der Waals surface area contributed by atoms with Gasteiger partial charge in [-0.25, -0.2) is 0 Å². The number of anilines is 1. The van der Waals surface area contributed by atoms with Gasteiger partial charge in [0.15, 0.2) is 0 Å². The van der Waals surface area contributed by atoms with Gasteiger partial charge in [-0.2, -0.15) is 4.98 Å². The molecule has 0 saturated carbocycles. The standard InChI is InChI=1S/C21H22N4O3/c1-14-6-8-16(9-7-14)20-22-21(28-23-20)17-10-11-18(19(13-17)25(26)27)24-12-4-3-5-15(24)2/h6-11,13,15H,3-5,12H2,1-2H3/t15-/m0/s1. The lowest BCUT2D eigenvalue weighted by Crippen LogP contribution is -2.37. The average molecular weight is 378 g/mol. The highest BCUT2D eigenvalue weighted by Crippen LogP contribution is 2.36. The van der Waals surface area contributed by atoms with Crippen molar-refractivity contribution < 1.29 is 9.45 Å². The third-order valence-electron chi connectivity index (χ3n) is 5.27. The molecule has 0 bridgehead atoms. The third-order valence-corrected chi connectivity index (χ3v) is 5.27. The van der Waals surface area contributed by atoms with E-state index in [0.29, 0.717) is 17.1 Å². The maximum absolute atomic E-state index is 11.7. The molecule has 7 heteroatoms. The van der Waals surface area contributed by atoms with Crippen LogP contribution in [0.25, 0.3) is 22.8 Å². The molecule has 28 heavy (non-hydrogen) atoms. The molecule has 2 aromatic carbocycles. The van der Waals surface area contributed by atoms with Crippen LogP contribution in [0.2, 0.25) is 0 Å². The van der Waals surface area contributed by atoms with Gasteiger partial charge in [0, 0.05) is 29.8 Å². The molecule has 0 radical (unpaired) electrons. The molecule has 7 nitrogen and oxygen atoms in total. The number of piperidine rings is 1. The number of nitrogens with zero attached hydrogens (tertiary/aromatic N) is 4. The predicted octanol–water partition coefficient (Wildman–Crippen LogP) is 5.00. The molecule has 0 aliphatic carbocycles. The van der Waals surface area contributed by atoms with E-state index in [4.69, 9.17) is 4.52 Å². The van der Waals surface area contributed by atoms with Crippen LogP contribution in [0.3, 0.4) is 0 Å². The van der Waals surface area contributed by atoms with Gasteiger partial charge < -0.3 is 9.42 Å². The minimum Gasteiger partial charge on any atom is -0.363 e. The Morgan fingerprint density at radius 1 is 1.14 bits per heavy atom. The number of aryl methyl sites for hydroxylation is 1. The highest BCUT2D eigenvalue weighted by atomic mass is 16.6. The summed E-state index contributed by atoms with van der Waals surface area (Å²) >= 11 is 0. The Balaban J connectivity index is 1.68. The number of nitro benzene ring substituents is 1. The predicted molar refractivity (Wildman–Crippen MR) is 107 cm³/mol. The SMILES string of the molecule is Cc1ccc(-c2noc(-c3ccc(N4CCCC[C@@H]4C)c([N+](=O)[O-])c3)n2)cc1. The summed E-state index contributed by atoms with van der Waals surface area (Å²) in [7, 11) is 0. The number of aromatic nitrogens is 2. The van der Waals surface area contributed by atoms with E-state index in [-0.39, 0.29) is 22.5 Å². The molecule has 1 fully saturated rings. The lowest BCUT2D eigenvalue weighted by Gasteiger charge is -2.35. The van der Waals surface area contributed by atoms with Crippen molar-refractivity contribution in [3.63, 3.8) is 0 Å². The first kappa shape index (κ1) is 18.2. The summed E-state index contributed by atoms with van der Waals surface area (Å²) in [5, 5.41) is 15.8. The highest BCUT2D eigenvalue weighted by Gasteiger charge is 2.26. The number of benzene rings is 2. The molecule has 3 aromatic rings. The second-order valence-electron chi connectivity index (χ2n) is 7.29. The van der Waals surface area contributed by atoms with E-state index in [1.54, 1.807) is 6.07 Å². The monoisotopic (exact) mass is 378 g/mol. The maximum atomic E-state index is 11.7. The average Bonchev–Trinajstić information content (AvgIpc) is 3.19. The maximum Gasteiger partial charge on any atom is 0.293 e. The Morgan fingerprint density at radius 3 is 2.61 bits per heavy atom. The fraction of sp³-hybridized carbons (Fsp3) is 0.333. The molecule has 0 spiro atoms. The van der Waals surface area contributed by atoms with Crippen LogP contribution in [0.15, 0.2) is 47.0 Å². The molecule has 1 aliphatic heterocycles. The minimum absolute atomic E-state index is 0.0707. The Hall–Kier alpha value is -3.22.